The van der Waals surface area contributed by atoms with E-state index in [1.807, 2.05) is 30.3 Å². The Balaban J connectivity index is 1.87. The van der Waals surface area contributed by atoms with E-state index >= 15 is 0 Å². The second-order valence-corrected chi connectivity index (χ2v) is 9.67. The molecule has 1 aliphatic rings. The van der Waals surface area contributed by atoms with E-state index in [1.54, 1.807) is 44.2 Å². The summed E-state index contributed by atoms with van der Waals surface area (Å²) >= 11 is 0. The molecule has 35 heavy (non-hydrogen) atoms. The SMILES string of the molecule is CCOP(=O)(OCC)c1ccc2c(c1)C(=C(Nc1ccc(C(=O)O)cc1)c1ccccc1)C(=O)N2. The quantitative estimate of drug-likeness (QED) is 0.278. The summed E-state index contributed by atoms with van der Waals surface area (Å²) in [6.07, 6.45) is 0. The number of aromatic carboxylic acids is 1. The van der Waals surface area contributed by atoms with Gasteiger partial charge in [-0.15, -0.1) is 0 Å². The third-order valence-electron chi connectivity index (χ3n) is 5.38. The molecule has 0 radical (unpaired) electrons. The van der Waals surface area contributed by atoms with Crippen molar-refractivity contribution in [1.29, 1.82) is 0 Å². The maximum absolute atomic E-state index is 13.4. The van der Waals surface area contributed by atoms with Gasteiger partial charge in [0.1, 0.15) is 0 Å². The number of rotatable bonds is 9. The first-order valence-corrected chi connectivity index (χ1v) is 12.7. The fourth-order valence-electron chi connectivity index (χ4n) is 3.82. The van der Waals surface area contributed by atoms with Crippen molar-refractivity contribution in [2.45, 2.75) is 13.8 Å². The van der Waals surface area contributed by atoms with Crippen molar-refractivity contribution in [3.8, 4) is 0 Å². The topological polar surface area (TPSA) is 114 Å². The summed E-state index contributed by atoms with van der Waals surface area (Å²) in [5, 5.41) is 15.7. The lowest BCUT2D eigenvalue weighted by atomic mass is 10.00. The Morgan fingerprint density at radius 2 is 1.60 bits per heavy atom. The van der Waals surface area contributed by atoms with Crippen molar-refractivity contribution < 1.29 is 28.3 Å². The van der Waals surface area contributed by atoms with E-state index in [9.17, 15) is 19.3 Å². The first-order chi connectivity index (χ1) is 16.9. The van der Waals surface area contributed by atoms with Gasteiger partial charge in [0, 0.05) is 16.9 Å². The highest BCUT2D eigenvalue weighted by Gasteiger charge is 2.33. The second-order valence-electron chi connectivity index (χ2n) is 7.64. The van der Waals surface area contributed by atoms with Crippen LogP contribution in [-0.2, 0) is 18.4 Å². The van der Waals surface area contributed by atoms with E-state index < -0.39 is 13.6 Å². The minimum absolute atomic E-state index is 0.153. The van der Waals surface area contributed by atoms with Crippen LogP contribution in [0.4, 0.5) is 11.4 Å². The van der Waals surface area contributed by atoms with Crippen molar-refractivity contribution in [1.82, 2.24) is 0 Å². The number of amides is 1. The molecule has 180 valence electrons. The molecule has 9 heteroatoms. The van der Waals surface area contributed by atoms with Crippen LogP contribution in [0.25, 0.3) is 11.3 Å². The molecule has 0 bridgehead atoms. The monoisotopic (exact) mass is 492 g/mol. The third-order valence-corrected chi connectivity index (χ3v) is 7.48. The number of benzene rings is 3. The van der Waals surface area contributed by atoms with Gasteiger partial charge < -0.3 is 24.8 Å². The molecular weight excluding hydrogens is 467 g/mol. The average Bonchev–Trinajstić information content (AvgIpc) is 3.18. The van der Waals surface area contributed by atoms with E-state index in [1.165, 1.54) is 12.1 Å². The van der Waals surface area contributed by atoms with Gasteiger partial charge in [0.05, 0.1) is 35.4 Å². The molecule has 8 nitrogen and oxygen atoms in total. The summed E-state index contributed by atoms with van der Waals surface area (Å²) in [5.41, 5.74) is 3.51. The van der Waals surface area contributed by atoms with E-state index in [2.05, 4.69) is 10.6 Å². The van der Waals surface area contributed by atoms with Gasteiger partial charge in [0.25, 0.3) is 5.91 Å². The molecule has 0 saturated heterocycles. The number of carbonyl (C=O) groups excluding carboxylic acids is 1. The molecule has 3 aromatic rings. The van der Waals surface area contributed by atoms with Crippen LogP contribution in [0.15, 0.2) is 72.8 Å². The number of anilines is 2. The zero-order valence-corrected chi connectivity index (χ0v) is 20.2. The van der Waals surface area contributed by atoms with Gasteiger partial charge in [-0.05, 0) is 61.9 Å². The normalized spacial score (nSPS) is 14.3. The summed E-state index contributed by atoms with van der Waals surface area (Å²) in [5.74, 6) is -1.35. The molecule has 0 atom stereocenters. The molecule has 1 heterocycles. The van der Waals surface area contributed by atoms with Crippen LogP contribution in [0.1, 0.15) is 35.3 Å². The standard InChI is InChI=1S/C26H25N2O6P/c1-3-33-35(32,34-4-2)20-14-15-22-21(16-20)23(25(29)28-22)24(17-8-6-5-7-9-17)27-19-12-10-18(11-13-19)26(30)31/h5-16,27H,3-4H2,1-2H3,(H,28,29)(H,30,31). The van der Waals surface area contributed by atoms with Crippen LogP contribution in [-0.4, -0.2) is 30.2 Å². The van der Waals surface area contributed by atoms with Crippen LogP contribution in [0.5, 0.6) is 0 Å². The van der Waals surface area contributed by atoms with E-state index in [-0.39, 0.29) is 24.7 Å². The van der Waals surface area contributed by atoms with Crippen molar-refractivity contribution in [3.05, 3.63) is 89.5 Å². The maximum atomic E-state index is 13.4. The zero-order chi connectivity index (χ0) is 25.0. The van der Waals surface area contributed by atoms with Gasteiger partial charge in [-0.1, -0.05) is 30.3 Å². The highest BCUT2D eigenvalue weighted by molar-refractivity contribution is 7.62. The zero-order valence-electron chi connectivity index (χ0n) is 19.3. The first-order valence-electron chi connectivity index (χ1n) is 11.1. The van der Waals surface area contributed by atoms with Crippen molar-refractivity contribution in [2.24, 2.45) is 0 Å². The molecule has 0 saturated carbocycles. The Hall–Kier alpha value is -3.71. The van der Waals surface area contributed by atoms with Gasteiger partial charge in [0.15, 0.2) is 0 Å². The Morgan fingerprint density at radius 1 is 0.943 bits per heavy atom. The molecule has 0 unspecified atom stereocenters. The lowest BCUT2D eigenvalue weighted by Crippen LogP contribution is -2.12. The van der Waals surface area contributed by atoms with Crippen molar-refractivity contribution in [3.63, 3.8) is 0 Å². The number of nitrogens with one attached hydrogen (secondary N) is 2. The fourth-order valence-corrected chi connectivity index (χ4v) is 5.42. The number of fused-ring (bicyclic) bond motifs is 1. The van der Waals surface area contributed by atoms with Crippen LogP contribution in [0, 0.1) is 0 Å². The molecule has 0 fully saturated rings. The Morgan fingerprint density at radius 3 is 2.20 bits per heavy atom. The van der Waals surface area contributed by atoms with Gasteiger partial charge in [-0.2, -0.15) is 0 Å². The molecule has 0 aliphatic carbocycles. The lowest BCUT2D eigenvalue weighted by Gasteiger charge is -2.18. The number of hydrogen-bond donors (Lipinski definition) is 3. The summed E-state index contributed by atoms with van der Waals surface area (Å²) in [7, 11) is -3.57. The molecule has 1 amide bonds. The predicted octanol–water partition coefficient (Wildman–Crippen LogP) is 5.21. The summed E-state index contributed by atoms with van der Waals surface area (Å²) in [6.45, 7) is 3.89. The summed E-state index contributed by atoms with van der Waals surface area (Å²) in [6, 6.07) is 20.5. The number of carboxylic acids is 1. The Kier molecular flexibility index (Phi) is 7.17. The van der Waals surface area contributed by atoms with Gasteiger partial charge >= 0.3 is 13.6 Å². The average molecular weight is 492 g/mol. The molecule has 0 spiro atoms. The molecule has 0 aromatic heterocycles. The maximum Gasteiger partial charge on any atom is 0.361 e. The predicted molar refractivity (Wildman–Crippen MR) is 136 cm³/mol. The van der Waals surface area contributed by atoms with Crippen molar-refractivity contribution in [2.75, 3.05) is 23.8 Å². The number of carbonyl (C=O) groups is 2. The molecule has 3 aromatic carbocycles. The smallest absolute Gasteiger partial charge is 0.361 e. The van der Waals surface area contributed by atoms with E-state index in [0.717, 1.165) is 5.56 Å². The number of hydrogen-bond acceptors (Lipinski definition) is 6. The highest BCUT2D eigenvalue weighted by atomic mass is 31.2. The molecule has 4 rings (SSSR count). The largest absolute Gasteiger partial charge is 0.478 e. The second kappa shape index (κ2) is 10.3. The summed E-state index contributed by atoms with van der Waals surface area (Å²) in [4.78, 5) is 24.4. The van der Waals surface area contributed by atoms with Crippen LogP contribution in [0.2, 0.25) is 0 Å². The van der Waals surface area contributed by atoms with Crippen LogP contribution in [0.3, 0.4) is 0 Å². The first kappa shape index (κ1) is 24.4. The van der Waals surface area contributed by atoms with Gasteiger partial charge in [0.2, 0.25) is 0 Å². The van der Waals surface area contributed by atoms with Crippen LogP contribution < -0.4 is 15.9 Å². The summed E-state index contributed by atoms with van der Waals surface area (Å²) < 4.78 is 24.4. The Labute approximate surface area is 203 Å². The molecule has 1 aliphatic heterocycles. The van der Waals surface area contributed by atoms with E-state index in [4.69, 9.17) is 9.05 Å². The lowest BCUT2D eigenvalue weighted by molar-refractivity contribution is -0.110. The highest BCUT2D eigenvalue weighted by Crippen LogP contribution is 2.48. The third kappa shape index (κ3) is 5.05. The Bertz CT molecular complexity index is 1330. The fraction of sp³-hybridized carbons (Fsp3) is 0.154. The minimum atomic E-state index is -3.57. The van der Waals surface area contributed by atoms with Crippen LogP contribution >= 0.6 is 7.60 Å². The van der Waals surface area contributed by atoms with Crippen molar-refractivity contribution >= 4 is 47.4 Å². The molecular formula is C26H25N2O6P. The molecule has 3 N–H and O–H groups in total. The van der Waals surface area contributed by atoms with Gasteiger partial charge in [-0.3, -0.25) is 9.36 Å². The minimum Gasteiger partial charge on any atom is -0.478 e. The van der Waals surface area contributed by atoms with E-state index in [0.29, 0.717) is 33.5 Å². The van der Waals surface area contributed by atoms with Gasteiger partial charge in [-0.25, -0.2) is 4.79 Å². The number of carboxylic acid groups (broad SMARTS) is 1.